The molecular formula is C18H14N4O2S3. The number of thioether (sulfide) groups is 2. The topological polar surface area (TPSA) is 91.8 Å². The highest BCUT2D eigenvalue weighted by Gasteiger charge is 2.13. The van der Waals surface area contributed by atoms with Crippen LogP contribution in [0, 0.1) is 11.3 Å². The second-order valence-corrected chi connectivity index (χ2v) is 7.65. The predicted octanol–water partition coefficient (Wildman–Crippen LogP) is 4.69. The van der Waals surface area contributed by atoms with Gasteiger partial charge in [-0.15, -0.1) is 0 Å². The number of furan rings is 1. The number of carbonyl (C=O) groups excluding carboxylic acids is 1. The van der Waals surface area contributed by atoms with Gasteiger partial charge in [0.25, 0.3) is 5.91 Å². The number of amides is 1. The molecule has 0 aliphatic rings. The zero-order valence-corrected chi connectivity index (χ0v) is 16.7. The van der Waals surface area contributed by atoms with Crippen LogP contribution in [-0.4, -0.2) is 21.5 Å². The van der Waals surface area contributed by atoms with E-state index >= 15 is 0 Å². The van der Waals surface area contributed by atoms with E-state index in [1.165, 1.54) is 23.4 Å². The summed E-state index contributed by atoms with van der Waals surface area (Å²) in [4.78, 5) is 16.4. The van der Waals surface area contributed by atoms with Crippen LogP contribution in [0.5, 0.6) is 0 Å². The standard InChI is InChI=1S/C18H14N4O2S3/c1-25-18-21-17(27-22-18)20-16(23)13(10-19)9-14-7-8-15(24-14)26-11-12-5-3-2-4-6-12/h2-9H,11H2,1H3,(H,20,21,22,23). The number of hydrogen-bond acceptors (Lipinski definition) is 8. The van der Waals surface area contributed by atoms with Gasteiger partial charge in [0.1, 0.15) is 17.4 Å². The van der Waals surface area contributed by atoms with E-state index in [-0.39, 0.29) is 5.57 Å². The van der Waals surface area contributed by atoms with E-state index in [0.717, 1.165) is 22.4 Å². The van der Waals surface area contributed by atoms with Gasteiger partial charge in [-0.3, -0.25) is 10.1 Å². The summed E-state index contributed by atoms with van der Waals surface area (Å²) in [7, 11) is 0. The minimum atomic E-state index is -0.545. The molecular weight excluding hydrogens is 400 g/mol. The third-order valence-corrected chi connectivity index (χ3v) is 5.56. The van der Waals surface area contributed by atoms with Crippen LogP contribution < -0.4 is 5.32 Å². The molecule has 6 nitrogen and oxygen atoms in total. The Balaban J connectivity index is 1.64. The fourth-order valence-corrected chi connectivity index (χ4v) is 3.96. The molecule has 3 rings (SSSR count). The van der Waals surface area contributed by atoms with Crippen molar-refractivity contribution in [3.8, 4) is 6.07 Å². The maximum absolute atomic E-state index is 12.2. The second-order valence-electron chi connectivity index (χ2n) is 5.14. The molecule has 27 heavy (non-hydrogen) atoms. The van der Waals surface area contributed by atoms with Crippen molar-refractivity contribution >= 4 is 52.2 Å². The molecule has 0 saturated heterocycles. The first kappa shape index (κ1) is 19.2. The van der Waals surface area contributed by atoms with Crippen LogP contribution in [-0.2, 0) is 10.5 Å². The van der Waals surface area contributed by atoms with Crippen molar-refractivity contribution in [1.29, 1.82) is 5.26 Å². The Hall–Kier alpha value is -2.54. The lowest BCUT2D eigenvalue weighted by molar-refractivity contribution is -0.112. The number of hydrogen-bond donors (Lipinski definition) is 1. The maximum atomic E-state index is 12.2. The summed E-state index contributed by atoms with van der Waals surface area (Å²) < 4.78 is 9.75. The molecule has 0 atom stereocenters. The molecule has 1 aromatic carbocycles. The van der Waals surface area contributed by atoms with Gasteiger partial charge in [-0.25, -0.2) is 0 Å². The minimum Gasteiger partial charge on any atom is -0.450 e. The van der Waals surface area contributed by atoms with Gasteiger partial charge in [0, 0.05) is 23.4 Å². The Morgan fingerprint density at radius 1 is 1.33 bits per heavy atom. The van der Waals surface area contributed by atoms with Gasteiger partial charge in [-0.2, -0.15) is 14.6 Å². The Bertz CT molecular complexity index is 989. The molecule has 0 radical (unpaired) electrons. The van der Waals surface area contributed by atoms with Gasteiger partial charge in [0.15, 0.2) is 5.09 Å². The van der Waals surface area contributed by atoms with Crippen molar-refractivity contribution in [3.63, 3.8) is 0 Å². The molecule has 1 N–H and O–H groups in total. The SMILES string of the molecule is CSc1nsc(NC(=O)C(C#N)=Cc2ccc(SCc3ccccc3)o2)n1. The average molecular weight is 415 g/mol. The summed E-state index contributed by atoms with van der Waals surface area (Å²) in [6, 6.07) is 15.5. The fraction of sp³-hybridized carbons (Fsp3) is 0.111. The van der Waals surface area contributed by atoms with E-state index in [0.29, 0.717) is 16.0 Å². The van der Waals surface area contributed by atoms with Crippen LogP contribution in [0.2, 0.25) is 0 Å². The number of nitrogens with zero attached hydrogens (tertiary/aromatic N) is 3. The molecule has 1 amide bonds. The van der Waals surface area contributed by atoms with E-state index in [2.05, 4.69) is 14.7 Å². The third kappa shape index (κ3) is 5.47. The summed E-state index contributed by atoms with van der Waals surface area (Å²) in [5, 5.41) is 13.5. The van der Waals surface area contributed by atoms with Gasteiger partial charge < -0.3 is 4.42 Å². The Morgan fingerprint density at radius 3 is 2.85 bits per heavy atom. The molecule has 0 aliphatic carbocycles. The first-order valence-electron chi connectivity index (χ1n) is 7.75. The first-order valence-corrected chi connectivity index (χ1v) is 10.7. The van der Waals surface area contributed by atoms with E-state index in [1.807, 2.05) is 48.7 Å². The molecule has 136 valence electrons. The quantitative estimate of drug-likeness (QED) is 0.340. The van der Waals surface area contributed by atoms with Crippen LogP contribution in [0.1, 0.15) is 11.3 Å². The second kappa shape index (κ2) is 9.41. The van der Waals surface area contributed by atoms with Crippen molar-refractivity contribution in [3.05, 3.63) is 59.4 Å². The van der Waals surface area contributed by atoms with Crippen molar-refractivity contribution in [1.82, 2.24) is 9.36 Å². The number of benzene rings is 1. The van der Waals surface area contributed by atoms with Crippen LogP contribution >= 0.6 is 35.1 Å². The van der Waals surface area contributed by atoms with E-state index in [1.54, 1.807) is 17.8 Å². The summed E-state index contributed by atoms with van der Waals surface area (Å²) in [5.74, 6) is 0.674. The van der Waals surface area contributed by atoms with E-state index < -0.39 is 5.91 Å². The zero-order chi connectivity index (χ0) is 19.1. The van der Waals surface area contributed by atoms with Gasteiger partial charge in [0.05, 0.1) is 0 Å². The molecule has 0 bridgehead atoms. The largest absolute Gasteiger partial charge is 0.450 e. The summed E-state index contributed by atoms with van der Waals surface area (Å²) in [6.45, 7) is 0. The highest BCUT2D eigenvalue weighted by molar-refractivity contribution is 7.98. The molecule has 2 aromatic heterocycles. The summed E-state index contributed by atoms with van der Waals surface area (Å²) in [5.41, 5.74) is 1.12. The van der Waals surface area contributed by atoms with Crippen LogP contribution in [0.4, 0.5) is 5.13 Å². The van der Waals surface area contributed by atoms with E-state index in [4.69, 9.17) is 4.42 Å². The Kier molecular flexibility index (Phi) is 6.70. The number of rotatable bonds is 7. The van der Waals surface area contributed by atoms with Crippen LogP contribution in [0.15, 0.2) is 62.7 Å². The van der Waals surface area contributed by atoms with Crippen LogP contribution in [0.25, 0.3) is 6.08 Å². The molecule has 0 fully saturated rings. The smallest absolute Gasteiger partial charge is 0.268 e. The Labute approximate surface area is 168 Å². The maximum Gasteiger partial charge on any atom is 0.268 e. The monoisotopic (exact) mass is 414 g/mol. The Morgan fingerprint density at radius 2 is 2.15 bits per heavy atom. The van der Waals surface area contributed by atoms with Crippen LogP contribution in [0.3, 0.4) is 0 Å². The van der Waals surface area contributed by atoms with Gasteiger partial charge >= 0.3 is 0 Å². The third-order valence-electron chi connectivity index (χ3n) is 3.29. The lowest BCUT2D eigenvalue weighted by Crippen LogP contribution is -2.13. The molecule has 2 heterocycles. The fourth-order valence-electron chi connectivity index (χ4n) is 2.02. The lowest BCUT2D eigenvalue weighted by Gasteiger charge is -1.99. The molecule has 3 aromatic rings. The van der Waals surface area contributed by atoms with E-state index in [9.17, 15) is 10.1 Å². The number of anilines is 1. The van der Waals surface area contributed by atoms with Gasteiger partial charge in [-0.1, -0.05) is 53.9 Å². The molecule has 0 unspecified atom stereocenters. The van der Waals surface area contributed by atoms with Crippen molar-refractivity contribution < 1.29 is 9.21 Å². The first-order chi connectivity index (χ1) is 13.2. The number of nitriles is 1. The van der Waals surface area contributed by atoms with Crippen molar-refractivity contribution in [2.75, 3.05) is 11.6 Å². The molecule has 0 aliphatic heterocycles. The summed E-state index contributed by atoms with van der Waals surface area (Å²) >= 11 is 3.99. The minimum absolute atomic E-state index is 0.0649. The normalized spacial score (nSPS) is 11.2. The lowest BCUT2D eigenvalue weighted by atomic mass is 10.2. The predicted molar refractivity (Wildman–Crippen MR) is 109 cm³/mol. The van der Waals surface area contributed by atoms with Gasteiger partial charge in [-0.05, 0) is 24.0 Å². The van der Waals surface area contributed by atoms with Gasteiger partial charge in [0.2, 0.25) is 10.3 Å². The highest BCUT2D eigenvalue weighted by atomic mass is 32.2. The number of aromatic nitrogens is 2. The molecule has 0 saturated carbocycles. The molecule has 9 heteroatoms. The summed E-state index contributed by atoms with van der Waals surface area (Å²) in [6.07, 6.45) is 3.26. The zero-order valence-electron chi connectivity index (χ0n) is 14.2. The number of nitrogens with one attached hydrogen (secondary N) is 1. The highest BCUT2D eigenvalue weighted by Crippen LogP contribution is 2.26. The molecule has 0 spiro atoms. The average Bonchev–Trinajstić information content (AvgIpc) is 3.34. The number of carbonyl (C=O) groups is 1. The van der Waals surface area contributed by atoms with Crippen molar-refractivity contribution in [2.45, 2.75) is 16.0 Å². The van der Waals surface area contributed by atoms with Crippen molar-refractivity contribution in [2.24, 2.45) is 0 Å².